The zero-order valence-corrected chi connectivity index (χ0v) is 20.1. The number of urea groups is 1. The third kappa shape index (κ3) is 5.47. The Balaban J connectivity index is 1.54. The molecule has 2 amide bonds. The first-order chi connectivity index (χ1) is 16.5. The van der Waals surface area contributed by atoms with Gasteiger partial charge in [0, 0.05) is 44.5 Å². The van der Waals surface area contributed by atoms with Crippen LogP contribution < -0.4 is 15.4 Å². The molecule has 2 heterocycles. The third-order valence-corrected chi connectivity index (χ3v) is 7.06. The fraction of sp³-hybridized carbons (Fsp3) is 0.600. The summed E-state index contributed by atoms with van der Waals surface area (Å²) in [6, 6.07) is 4.45. The minimum absolute atomic E-state index is 0.00511. The summed E-state index contributed by atoms with van der Waals surface area (Å²) in [5.41, 5.74) is 1.55. The van der Waals surface area contributed by atoms with Crippen LogP contribution in [0.15, 0.2) is 29.5 Å². The highest BCUT2D eigenvalue weighted by molar-refractivity contribution is 5.95. The molecule has 1 aromatic carbocycles. The van der Waals surface area contributed by atoms with Crippen molar-refractivity contribution in [3.8, 4) is 11.5 Å². The monoisotopic (exact) mass is 472 g/mol. The molecule has 2 fully saturated rings. The summed E-state index contributed by atoms with van der Waals surface area (Å²) in [5, 5.41) is 15.8. The summed E-state index contributed by atoms with van der Waals surface area (Å²) in [5.74, 6) is -0.192. The average Bonchev–Trinajstić information content (AvgIpc) is 2.86. The first-order valence-electron chi connectivity index (χ1n) is 12.3. The van der Waals surface area contributed by atoms with Crippen molar-refractivity contribution in [2.45, 2.75) is 51.1 Å². The van der Waals surface area contributed by atoms with E-state index >= 15 is 0 Å². The lowest BCUT2D eigenvalue weighted by Crippen LogP contribution is -2.53. The molecule has 1 atom stereocenters. The number of phenolic OH excluding ortho intramolecular Hbond substituents is 1. The van der Waals surface area contributed by atoms with E-state index in [2.05, 4.69) is 20.4 Å². The number of esters is 1. The molecular formula is C25H36N4O5. The van der Waals surface area contributed by atoms with Crippen LogP contribution in [0.1, 0.15) is 50.6 Å². The van der Waals surface area contributed by atoms with Gasteiger partial charge in [-0.1, -0.05) is 25.3 Å². The van der Waals surface area contributed by atoms with Crippen LogP contribution in [-0.4, -0.2) is 79.4 Å². The van der Waals surface area contributed by atoms with Crippen molar-refractivity contribution in [3.05, 3.63) is 35.0 Å². The number of hydrogen-bond donors (Lipinski definition) is 3. The normalized spacial score (nSPS) is 22.8. The van der Waals surface area contributed by atoms with Gasteiger partial charge in [-0.05, 0) is 37.5 Å². The van der Waals surface area contributed by atoms with Crippen molar-refractivity contribution in [1.82, 2.24) is 20.4 Å². The maximum atomic E-state index is 12.9. The van der Waals surface area contributed by atoms with E-state index in [-0.39, 0.29) is 11.8 Å². The number of hydrogen-bond acceptors (Lipinski definition) is 7. The second-order valence-corrected chi connectivity index (χ2v) is 9.18. The number of nitrogens with one attached hydrogen (secondary N) is 2. The second kappa shape index (κ2) is 11.1. The quantitative estimate of drug-likeness (QED) is 0.524. The molecule has 9 heteroatoms. The largest absolute Gasteiger partial charge is 0.504 e. The molecule has 9 nitrogen and oxygen atoms in total. The van der Waals surface area contributed by atoms with Gasteiger partial charge in [-0.15, -0.1) is 0 Å². The zero-order chi connectivity index (χ0) is 24.1. The topological polar surface area (TPSA) is 103 Å². The Labute approximate surface area is 201 Å². The van der Waals surface area contributed by atoms with Gasteiger partial charge in [0.2, 0.25) is 0 Å². The van der Waals surface area contributed by atoms with Crippen LogP contribution in [0, 0.1) is 0 Å². The molecule has 2 aliphatic heterocycles. The lowest BCUT2D eigenvalue weighted by Gasteiger charge is -2.41. The van der Waals surface area contributed by atoms with Crippen LogP contribution >= 0.6 is 0 Å². The van der Waals surface area contributed by atoms with E-state index in [1.165, 1.54) is 45.3 Å². The molecule has 1 saturated carbocycles. The Hall–Kier alpha value is -2.78. The summed E-state index contributed by atoms with van der Waals surface area (Å²) in [4.78, 5) is 30.3. The molecule has 0 spiro atoms. The van der Waals surface area contributed by atoms with Gasteiger partial charge in [0.25, 0.3) is 0 Å². The lowest BCUT2D eigenvalue weighted by molar-refractivity contribution is -0.136. The van der Waals surface area contributed by atoms with Crippen LogP contribution in [0.3, 0.4) is 0 Å². The van der Waals surface area contributed by atoms with Gasteiger partial charge < -0.3 is 25.2 Å². The predicted octanol–water partition coefficient (Wildman–Crippen LogP) is 2.52. The zero-order valence-electron chi connectivity index (χ0n) is 20.1. The van der Waals surface area contributed by atoms with Crippen LogP contribution in [0.25, 0.3) is 0 Å². The lowest BCUT2D eigenvalue weighted by atomic mass is 9.93. The van der Waals surface area contributed by atoms with Crippen molar-refractivity contribution in [3.63, 3.8) is 0 Å². The highest BCUT2D eigenvalue weighted by Crippen LogP contribution is 2.34. The van der Waals surface area contributed by atoms with Crippen LogP contribution in [0.4, 0.5) is 4.79 Å². The average molecular weight is 473 g/mol. The Morgan fingerprint density at radius 1 is 1.15 bits per heavy atom. The van der Waals surface area contributed by atoms with E-state index in [4.69, 9.17) is 9.47 Å². The van der Waals surface area contributed by atoms with Crippen molar-refractivity contribution in [2.75, 3.05) is 46.4 Å². The summed E-state index contributed by atoms with van der Waals surface area (Å²) in [6.07, 6.45) is 6.57. The minimum Gasteiger partial charge on any atom is -0.504 e. The molecule has 1 saturated heterocycles. The van der Waals surface area contributed by atoms with Gasteiger partial charge >= 0.3 is 12.0 Å². The number of amides is 2. The number of carbonyl (C=O) groups is 2. The number of phenols is 1. The maximum absolute atomic E-state index is 12.9. The van der Waals surface area contributed by atoms with Gasteiger partial charge in [-0.25, -0.2) is 9.59 Å². The SMILES string of the molecule is CCOc1cc(C2NC(=O)NC(CN3CCN(C4CCCCC4)CC3)=C2C(=O)OC)ccc1O. The van der Waals surface area contributed by atoms with Crippen molar-refractivity contribution < 1.29 is 24.2 Å². The van der Waals surface area contributed by atoms with Gasteiger partial charge in [0.05, 0.1) is 25.3 Å². The summed E-state index contributed by atoms with van der Waals surface area (Å²) < 4.78 is 10.6. The molecule has 4 rings (SSSR count). The molecule has 0 bridgehead atoms. The van der Waals surface area contributed by atoms with Crippen molar-refractivity contribution >= 4 is 12.0 Å². The van der Waals surface area contributed by atoms with Crippen LogP contribution in [0.5, 0.6) is 11.5 Å². The first-order valence-corrected chi connectivity index (χ1v) is 12.3. The predicted molar refractivity (Wildman–Crippen MR) is 128 cm³/mol. The smallest absolute Gasteiger partial charge is 0.338 e. The van der Waals surface area contributed by atoms with Gasteiger partial charge in [0.15, 0.2) is 11.5 Å². The summed E-state index contributed by atoms with van der Waals surface area (Å²) in [6.45, 7) is 6.43. The van der Waals surface area contributed by atoms with Gasteiger partial charge in [-0.2, -0.15) is 0 Å². The second-order valence-electron chi connectivity index (χ2n) is 9.18. The summed E-state index contributed by atoms with van der Waals surface area (Å²) in [7, 11) is 1.34. The number of benzene rings is 1. The molecule has 1 unspecified atom stereocenters. The molecule has 186 valence electrons. The molecule has 34 heavy (non-hydrogen) atoms. The maximum Gasteiger partial charge on any atom is 0.338 e. The van der Waals surface area contributed by atoms with Crippen molar-refractivity contribution in [2.24, 2.45) is 0 Å². The molecule has 3 aliphatic rings. The Kier molecular flexibility index (Phi) is 7.95. The fourth-order valence-corrected chi connectivity index (χ4v) is 5.28. The van der Waals surface area contributed by atoms with E-state index in [0.29, 0.717) is 41.8 Å². The molecular weight excluding hydrogens is 436 g/mol. The third-order valence-electron chi connectivity index (χ3n) is 7.06. The Morgan fingerprint density at radius 2 is 1.88 bits per heavy atom. The van der Waals surface area contributed by atoms with E-state index in [1.54, 1.807) is 12.1 Å². The first kappa shape index (κ1) is 24.3. The van der Waals surface area contributed by atoms with Gasteiger partial charge in [0.1, 0.15) is 0 Å². The fourth-order valence-electron chi connectivity index (χ4n) is 5.28. The summed E-state index contributed by atoms with van der Waals surface area (Å²) >= 11 is 0. The highest BCUT2D eigenvalue weighted by atomic mass is 16.5. The Bertz CT molecular complexity index is 920. The number of ether oxygens (including phenoxy) is 2. The molecule has 3 N–H and O–H groups in total. The van der Waals surface area contributed by atoms with E-state index in [1.807, 2.05) is 6.92 Å². The van der Waals surface area contributed by atoms with Gasteiger partial charge in [-0.3, -0.25) is 9.80 Å². The molecule has 0 aromatic heterocycles. The number of nitrogens with zero attached hydrogens (tertiary/aromatic N) is 2. The molecule has 1 aromatic rings. The molecule has 0 radical (unpaired) electrons. The number of methoxy groups -OCH3 is 1. The number of rotatable bonds is 7. The minimum atomic E-state index is -0.709. The standard InChI is InChI=1S/C25H36N4O5/c1-3-34-21-15-17(9-10-20(21)30)23-22(24(31)33-2)19(26-25(32)27-23)16-28-11-13-29(14-12-28)18-7-5-4-6-8-18/h9-10,15,18,23,30H,3-8,11-14,16H2,1-2H3,(H2,26,27,32). The van der Waals surface area contributed by atoms with E-state index in [9.17, 15) is 14.7 Å². The number of piperazine rings is 1. The number of carbonyl (C=O) groups excluding carboxylic acids is 2. The number of aromatic hydroxyl groups is 1. The van der Waals surface area contributed by atoms with E-state index < -0.39 is 12.0 Å². The van der Waals surface area contributed by atoms with Crippen molar-refractivity contribution in [1.29, 1.82) is 0 Å². The highest BCUT2D eigenvalue weighted by Gasteiger charge is 2.35. The van der Waals surface area contributed by atoms with Crippen LogP contribution in [0.2, 0.25) is 0 Å². The van der Waals surface area contributed by atoms with Crippen LogP contribution in [-0.2, 0) is 9.53 Å². The molecule has 1 aliphatic carbocycles. The van der Waals surface area contributed by atoms with E-state index in [0.717, 1.165) is 26.2 Å². The Morgan fingerprint density at radius 3 is 2.56 bits per heavy atom.